The second-order valence-corrected chi connectivity index (χ2v) is 3.72. The van der Waals surface area contributed by atoms with E-state index in [2.05, 4.69) is 10.4 Å². The average molecular weight is 220 g/mol. The van der Waals surface area contributed by atoms with Gasteiger partial charge in [0.2, 0.25) is 0 Å². The number of nitrogens with zero attached hydrogens (tertiary/aromatic N) is 2. The molecule has 5 heteroatoms. The molecule has 2 aromatic rings. The lowest BCUT2D eigenvalue weighted by atomic mass is 10.2. The number of nitrogen functional groups attached to an aromatic ring is 1. The molecule has 1 aromatic heterocycles. The number of nitrogens with one attached hydrogen (secondary N) is 1. The number of anilines is 3. The first kappa shape index (κ1) is 10.5. The second kappa shape index (κ2) is 3.84. The lowest BCUT2D eigenvalue weighted by molar-refractivity contribution is 0.619. The molecule has 16 heavy (non-hydrogen) atoms. The van der Waals surface area contributed by atoms with Gasteiger partial charge < -0.3 is 11.1 Å². The van der Waals surface area contributed by atoms with Gasteiger partial charge in [-0.05, 0) is 24.6 Å². The molecule has 0 amide bonds. The molecule has 0 fully saturated rings. The summed E-state index contributed by atoms with van der Waals surface area (Å²) in [5.74, 6) is -0.297. The fourth-order valence-electron chi connectivity index (χ4n) is 1.45. The lowest BCUT2D eigenvalue weighted by Crippen LogP contribution is -1.98. The quantitative estimate of drug-likeness (QED) is 0.763. The number of nitrogens with two attached hydrogens (primary N) is 1. The molecule has 1 aromatic carbocycles. The molecule has 0 bridgehead atoms. The summed E-state index contributed by atoms with van der Waals surface area (Å²) in [5, 5.41) is 7.11. The molecule has 0 unspecified atom stereocenters. The van der Waals surface area contributed by atoms with Crippen LogP contribution in [0.4, 0.5) is 21.5 Å². The highest BCUT2D eigenvalue weighted by molar-refractivity contribution is 5.72. The highest BCUT2D eigenvalue weighted by Gasteiger charge is 2.05. The molecule has 0 aliphatic rings. The summed E-state index contributed by atoms with van der Waals surface area (Å²) < 4.78 is 14.9. The SMILES string of the molecule is Cc1cc(Nc2cnn(C)c2)c(N)cc1F. The van der Waals surface area contributed by atoms with E-state index in [-0.39, 0.29) is 5.82 Å². The Kier molecular flexibility index (Phi) is 2.52. The number of hydrogen-bond donors (Lipinski definition) is 2. The minimum absolute atomic E-state index is 0.297. The van der Waals surface area contributed by atoms with Gasteiger partial charge in [0.05, 0.1) is 23.3 Å². The van der Waals surface area contributed by atoms with Gasteiger partial charge in [-0.15, -0.1) is 0 Å². The van der Waals surface area contributed by atoms with Gasteiger partial charge in [0, 0.05) is 13.2 Å². The van der Waals surface area contributed by atoms with E-state index in [4.69, 9.17) is 5.73 Å². The van der Waals surface area contributed by atoms with Crippen LogP contribution < -0.4 is 11.1 Å². The molecule has 1 heterocycles. The van der Waals surface area contributed by atoms with Crippen molar-refractivity contribution in [2.24, 2.45) is 7.05 Å². The largest absolute Gasteiger partial charge is 0.397 e. The molecule has 0 aliphatic heterocycles. The molecule has 0 radical (unpaired) electrons. The van der Waals surface area contributed by atoms with Crippen molar-refractivity contribution in [1.29, 1.82) is 0 Å². The van der Waals surface area contributed by atoms with Gasteiger partial charge in [-0.2, -0.15) is 5.10 Å². The predicted octanol–water partition coefficient (Wildman–Crippen LogP) is 2.19. The molecule has 0 saturated carbocycles. The molecule has 0 atom stereocenters. The van der Waals surface area contributed by atoms with Gasteiger partial charge in [0.1, 0.15) is 5.82 Å². The topological polar surface area (TPSA) is 55.9 Å². The lowest BCUT2D eigenvalue weighted by Gasteiger charge is -2.08. The summed E-state index contributed by atoms with van der Waals surface area (Å²) in [6.45, 7) is 1.70. The minimum atomic E-state index is -0.297. The van der Waals surface area contributed by atoms with Crippen molar-refractivity contribution in [2.45, 2.75) is 6.92 Å². The fourth-order valence-corrected chi connectivity index (χ4v) is 1.45. The van der Waals surface area contributed by atoms with Gasteiger partial charge in [-0.1, -0.05) is 0 Å². The Hall–Kier alpha value is -2.04. The first-order valence-electron chi connectivity index (χ1n) is 4.87. The maximum Gasteiger partial charge on any atom is 0.128 e. The molecule has 0 spiro atoms. The number of hydrogen-bond acceptors (Lipinski definition) is 3. The Bertz CT molecular complexity index is 519. The van der Waals surface area contributed by atoms with E-state index >= 15 is 0 Å². The van der Waals surface area contributed by atoms with E-state index in [9.17, 15) is 4.39 Å². The van der Waals surface area contributed by atoms with Gasteiger partial charge >= 0.3 is 0 Å². The molecule has 0 aliphatic carbocycles. The van der Waals surface area contributed by atoms with E-state index in [0.29, 0.717) is 16.9 Å². The zero-order valence-electron chi connectivity index (χ0n) is 9.16. The van der Waals surface area contributed by atoms with Crippen molar-refractivity contribution in [1.82, 2.24) is 9.78 Å². The van der Waals surface area contributed by atoms with Crippen LogP contribution in [0.25, 0.3) is 0 Å². The van der Waals surface area contributed by atoms with Crippen molar-refractivity contribution in [3.8, 4) is 0 Å². The minimum Gasteiger partial charge on any atom is -0.397 e. The van der Waals surface area contributed by atoms with Crippen LogP contribution in [-0.4, -0.2) is 9.78 Å². The molecule has 0 saturated heterocycles. The molecule has 3 N–H and O–H groups in total. The maximum atomic E-state index is 13.2. The third kappa shape index (κ3) is 1.98. The van der Waals surface area contributed by atoms with Crippen LogP contribution in [0.5, 0.6) is 0 Å². The van der Waals surface area contributed by atoms with Crippen molar-refractivity contribution < 1.29 is 4.39 Å². The van der Waals surface area contributed by atoms with Crippen molar-refractivity contribution in [3.05, 3.63) is 35.9 Å². The smallest absolute Gasteiger partial charge is 0.128 e. The molecular weight excluding hydrogens is 207 g/mol. The van der Waals surface area contributed by atoms with E-state index in [1.807, 2.05) is 13.2 Å². The highest BCUT2D eigenvalue weighted by atomic mass is 19.1. The average Bonchev–Trinajstić information content (AvgIpc) is 2.60. The Morgan fingerprint density at radius 1 is 1.44 bits per heavy atom. The number of rotatable bonds is 2. The van der Waals surface area contributed by atoms with Crippen LogP contribution in [0.3, 0.4) is 0 Å². The van der Waals surface area contributed by atoms with Gasteiger partial charge in [0.15, 0.2) is 0 Å². The third-order valence-electron chi connectivity index (χ3n) is 2.31. The summed E-state index contributed by atoms with van der Waals surface area (Å²) in [5.41, 5.74) is 8.16. The Balaban J connectivity index is 2.31. The van der Waals surface area contributed by atoms with Gasteiger partial charge in [-0.3, -0.25) is 4.68 Å². The number of aryl methyl sites for hydroxylation is 2. The first-order valence-corrected chi connectivity index (χ1v) is 4.87. The van der Waals surface area contributed by atoms with Crippen LogP contribution in [0, 0.1) is 12.7 Å². The Labute approximate surface area is 92.9 Å². The summed E-state index contributed by atoms with van der Waals surface area (Å²) in [7, 11) is 1.82. The van der Waals surface area contributed by atoms with E-state index < -0.39 is 0 Å². The molecule has 84 valence electrons. The normalized spacial score (nSPS) is 10.4. The van der Waals surface area contributed by atoms with Crippen molar-refractivity contribution in [2.75, 3.05) is 11.1 Å². The Morgan fingerprint density at radius 2 is 2.19 bits per heavy atom. The zero-order valence-corrected chi connectivity index (χ0v) is 9.16. The number of aromatic nitrogens is 2. The summed E-state index contributed by atoms with van der Waals surface area (Å²) in [4.78, 5) is 0. The monoisotopic (exact) mass is 220 g/mol. The summed E-state index contributed by atoms with van der Waals surface area (Å²) in [6, 6.07) is 2.99. The second-order valence-electron chi connectivity index (χ2n) is 3.72. The van der Waals surface area contributed by atoms with Gasteiger partial charge in [0.25, 0.3) is 0 Å². The first-order chi connectivity index (χ1) is 7.56. The Morgan fingerprint density at radius 3 is 2.81 bits per heavy atom. The summed E-state index contributed by atoms with van der Waals surface area (Å²) >= 11 is 0. The standard InChI is InChI=1S/C11H13FN4/c1-7-3-11(10(13)4-9(7)12)15-8-5-14-16(2)6-8/h3-6,15H,13H2,1-2H3. The van der Waals surface area contributed by atoms with Crippen LogP contribution in [0.1, 0.15) is 5.56 Å². The van der Waals surface area contributed by atoms with E-state index in [0.717, 1.165) is 5.69 Å². The number of halogens is 1. The molecule has 2 rings (SSSR count). The third-order valence-corrected chi connectivity index (χ3v) is 2.31. The highest BCUT2D eigenvalue weighted by Crippen LogP contribution is 2.25. The number of benzene rings is 1. The van der Waals surface area contributed by atoms with E-state index in [1.165, 1.54) is 6.07 Å². The van der Waals surface area contributed by atoms with Gasteiger partial charge in [-0.25, -0.2) is 4.39 Å². The zero-order chi connectivity index (χ0) is 11.7. The van der Waals surface area contributed by atoms with Crippen LogP contribution >= 0.6 is 0 Å². The van der Waals surface area contributed by atoms with Crippen LogP contribution in [0.2, 0.25) is 0 Å². The fraction of sp³-hybridized carbons (Fsp3) is 0.182. The predicted molar refractivity (Wildman–Crippen MR) is 62.0 cm³/mol. The van der Waals surface area contributed by atoms with Crippen LogP contribution in [-0.2, 0) is 7.05 Å². The van der Waals surface area contributed by atoms with Crippen LogP contribution in [0.15, 0.2) is 24.5 Å². The maximum absolute atomic E-state index is 13.2. The van der Waals surface area contributed by atoms with Crippen molar-refractivity contribution >= 4 is 17.1 Å². The molecular formula is C11H13FN4. The van der Waals surface area contributed by atoms with E-state index in [1.54, 1.807) is 23.9 Å². The summed E-state index contributed by atoms with van der Waals surface area (Å²) in [6.07, 6.45) is 3.50. The van der Waals surface area contributed by atoms with Crippen molar-refractivity contribution in [3.63, 3.8) is 0 Å². The molecule has 4 nitrogen and oxygen atoms in total.